The standard InChI is InChI=1S/C15H18N2O2S/c1-16-9-15(18)17-8-14-7-12(10-20-14)11-3-5-13(19-2)6-4-11/h3-7,10,16H,8-9H2,1-2H3,(H,17,18). The monoisotopic (exact) mass is 290 g/mol. The summed E-state index contributed by atoms with van der Waals surface area (Å²) in [4.78, 5) is 12.5. The minimum Gasteiger partial charge on any atom is -0.497 e. The van der Waals surface area contributed by atoms with Crippen molar-refractivity contribution in [3.8, 4) is 16.9 Å². The van der Waals surface area contributed by atoms with Gasteiger partial charge in [-0.3, -0.25) is 4.79 Å². The van der Waals surface area contributed by atoms with E-state index in [0.29, 0.717) is 13.1 Å². The van der Waals surface area contributed by atoms with Crippen molar-refractivity contribution in [1.82, 2.24) is 10.6 Å². The van der Waals surface area contributed by atoms with E-state index in [1.54, 1.807) is 25.5 Å². The number of carbonyl (C=O) groups excluding carboxylic acids is 1. The lowest BCUT2D eigenvalue weighted by atomic mass is 10.1. The van der Waals surface area contributed by atoms with E-state index < -0.39 is 0 Å². The molecular formula is C15H18N2O2S. The number of nitrogens with one attached hydrogen (secondary N) is 2. The molecule has 0 atom stereocenters. The lowest BCUT2D eigenvalue weighted by Crippen LogP contribution is -2.31. The van der Waals surface area contributed by atoms with Crippen molar-refractivity contribution in [3.63, 3.8) is 0 Å². The highest BCUT2D eigenvalue weighted by atomic mass is 32.1. The topological polar surface area (TPSA) is 50.4 Å². The van der Waals surface area contributed by atoms with Gasteiger partial charge in [0.25, 0.3) is 0 Å². The first kappa shape index (κ1) is 14.6. The number of hydrogen-bond donors (Lipinski definition) is 2. The average Bonchev–Trinajstić information content (AvgIpc) is 2.94. The minimum atomic E-state index is 0.00639. The maximum absolute atomic E-state index is 11.4. The van der Waals surface area contributed by atoms with Crippen LogP contribution in [0.5, 0.6) is 5.75 Å². The van der Waals surface area contributed by atoms with E-state index in [4.69, 9.17) is 4.74 Å². The van der Waals surface area contributed by atoms with Gasteiger partial charge in [-0.2, -0.15) is 0 Å². The first-order chi connectivity index (χ1) is 9.72. The van der Waals surface area contributed by atoms with Gasteiger partial charge >= 0.3 is 0 Å². The van der Waals surface area contributed by atoms with Crippen LogP contribution in [0.15, 0.2) is 35.7 Å². The molecule has 1 amide bonds. The van der Waals surface area contributed by atoms with Gasteiger partial charge in [-0.05, 0) is 41.8 Å². The van der Waals surface area contributed by atoms with E-state index in [2.05, 4.69) is 22.1 Å². The third-order valence-corrected chi connectivity index (χ3v) is 3.81. The molecule has 0 spiro atoms. The van der Waals surface area contributed by atoms with Gasteiger partial charge in [0.05, 0.1) is 20.2 Å². The summed E-state index contributed by atoms with van der Waals surface area (Å²) in [5, 5.41) is 7.80. The van der Waals surface area contributed by atoms with Gasteiger partial charge in [0.2, 0.25) is 5.91 Å². The summed E-state index contributed by atoms with van der Waals surface area (Å²) in [5.41, 5.74) is 2.31. The quantitative estimate of drug-likeness (QED) is 0.858. The number of rotatable bonds is 6. The van der Waals surface area contributed by atoms with Crippen molar-refractivity contribution in [2.24, 2.45) is 0 Å². The fourth-order valence-corrected chi connectivity index (χ4v) is 2.65. The molecule has 2 N–H and O–H groups in total. The number of thiophene rings is 1. The minimum absolute atomic E-state index is 0.00639. The van der Waals surface area contributed by atoms with Crippen LogP contribution in [-0.2, 0) is 11.3 Å². The lowest BCUT2D eigenvalue weighted by molar-refractivity contribution is -0.120. The normalized spacial score (nSPS) is 10.3. The van der Waals surface area contributed by atoms with E-state index in [1.165, 1.54) is 0 Å². The second-order valence-corrected chi connectivity index (χ2v) is 5.33. The van der Waals surface area contributed by atoms with Crippen LogP contribution >= 0.6 is 11.3 Å². The number of hydrogen-bond acceptors (Lipinski definition) is 4. The maximum Gasteiger partial charge on any atom is 0.234 e. The Bertz CT molecular complexity index is 564. The first-order valence-corrected chi connectivity index (χ1v) is 7.24. The van der Waals surface area contributed by atoms with Gasteiger partial charge in [-0.15, -0.1) is 11.3 Å². The number of ether oxygens (including phenoxy) is 1. The van der Waals surface area contributed by atoms with Crippen LogP contribution in [0.2, 0.25) is 0 Å². The predicted molar refractivity (Wildman–Crippen MR) is 82.1 cm³/mol. The summed E-state index contributed by atoms with van der Waals surface area (Å²) >= 11 is 1.65. The van der Waals surface area contributed by atoms with Crippen LogP contribution in [0.3, 0.4) is 0 Å². The van der Waals surface area contributed by atoms with Gasteiger partial charge < -0.3 is 15.4 Å². The van der Waals surface area contributed by atoms with Gasteiger partial charge in [-0.25, -0.2) is 0 Å². The Morgan fingerprint density at radius 1 is 1.25 bits per heavy atom. The highest BCUT2D eigenvalue weighted by Gasteiger charge is 2.04. The van der Waals surface area contributed by atoms with Crippen LogP contribution in [0, 0.1) is 0 Å². The molecule has 0 radical (unpaired) electrons. The van der Waals surface area contributed by atoms with Crippen molar-refractivity contribution < 1.29 is 9.53 Å². The van der Waals surface area contributed by atoms with E-state index in [0.717, 1.165) is 21.8 Å². The predicted octanol–water partition coefficient (Wildman–Crippen LogP) is 2.26. The summed E-state index contributed by atoms with van der Waals surface area (Å²) < 4.78 is 5.15. The van der Waals surface area contributed by atoms with Crippen molar-refractivity contribution in [2.45, 2.75) is 6.54 Å². The summed E-state index contributed by atoms with van der Waals surface area (Å²) in [5.74, 6) is 0.857. The number of carbonyl (C=O) groups is 1. The van der Waals surface area contributed by atoms with Crippen LogP contribution in [0.4, 0.5) is 0 Å². The molecule has 20 heavy (non-hydrogen) atoms. The molecule has 0 saturated heterocycles. The number of benzene rings is 1. The average molecular weight is 290 g/mol. The van der Waals surface area contributed by atoms with Gasteiger partial charge in [0.1, 0.15) is 5.75 Å². The van der Waals surface area contributed by atoms with E-state index in [1.807, 2.05) is 24.3 Å². The summed E-state index contributed by atoms with van der Waals surface area (Å²) in [6, 6.07) is 10.1. The Morgan fingerprint density at radius 3 is 2.65 bits per heavy atom. The molecule has 1 aromatic heterocycles. The second kappa shape index (κ2) is 7.07. The van der Waals surface area contributed by atoms with E-state index in [-0.39, 0.29) is 5.91 Å². The number of methoxy groups -OCH3 is 1. The first-order valence-electron chi connectivity index (χ1n) is 6.36. The van der Waals surface area contributed by atoms with Crippen LogP contribution in [0.1, 0.15) is 4.88 Å². The third-order valence-electron chi connectivity index (χ3n) is 2.87. The maximum atomic E-state index is 11.4. The zero-order chi connectivity index (χ0) is 14.4. The Hall–Kier alpha value is -1.85. The highest BCUT2D eigenvalue weighted by Crippen LogP contribution is 2.27. The third kappa shape index (κ3) is 3.82. The molecule has 0 aliphatic heterocycles. The summed E-state index contributed by atoms with van der Waals surface area (Å²) in [7, 11) is 3.41. The second-order valence-electron chi connectivity index (χ2n) is 4.34. The molecule has 1 heterocycles. The van der Waals surface area contributed by atoms with E-state index in [9.17, 15) is 4.79 Å². The lowest BCUT2D eigenvalue weighted by Gasteiger charge is -2.02. The molecule has 0 bridgehead atoms. The molecule has 2 rings (SSSR count). The van der Waals surface area contributed by atoms with E-state index >= 15 is 0 Å². The largest absolute Gasteiger partial charge is 0.497 e. The molecule has 1 aromatic carbocycles. The zero-order valence-electron chi connectivity index (χ0n) is 11.6. The summed E-state index contributed by atoms with van der Waals surface area (Å²) in [6.07, 6.45) is 0. The number of likely N-dealkylation sites (N-methyl/N-ethyl adjacent to an activating group) is 1. The highest BCUT2D eigenvalue weighted by molar-refractivity contribution is 7.10. The van der Waals surface area contributed by atoms with Crippen molar-refractivity contribution in [1.29, 1.82) is 0 Å². The Balaban J connectivity index is 1.99. The summed E-state index contributed by atoms with van der Waals surface area (Å²) in [6.45, 7) is 0.915. The fraction of sp³-hybridized carbons (Fsp3) is 0.267. The molecule has 0 fully saturated rings. The molecule has 0 aliphatic carbocycles. The molecule has 4 nitrogen and oxygen atoms in total. The molecule has 2 aromatic rings. The number of amides is 1. The Morgan fingerprint density at radius 2 is 2.00 bits per heavy atom. The molecule has 0 saturated carbocycles. The zero-order valence-corrected chi connectivity index (χ0v) is 12.4. The van der Waals surface area contributed by atoms with Crippen LogP contribution < -0.4 is 15.4 Å². The van der Waals surface area contributed by atoms with Crippen molar-refractivity contribution in [2.75, 3.05) is 20.7 Å². The van der Waals surface area contributed by atoms with Crippen molar-refractivity contribution in [3.05, 3.63) is 40.6 Å². The van der Waals surface area contributed by atoms with Gasteiger partial charge in [0, 0.05) is 4.88 Å². The molecule has 0 aliphatic rings. The Labute approximate surface area is 122 Å². The Kier molecular flexibility index (Phi) is 5.15. The van der Waals surface area contributed by atoms with Crippen LogP contribution in [0.25, 0.3) is 11.1 Å². The molecular weight excluding hydrogens is 272 g/mol. The molecule has 0 unspecified atom stereocenters. The molecule has 5 heteroatoms. The van der Waals surface area contributed by atoms with Crippen LogP contribution in [-0.4, -0.2) is 26.6 Å². The smallest absolute Gasteiger partial charge is 0.234 e. The molecule has 106 valence electrons. The van der Waals surface area contributed by atoms with Gasteiger partial charge in [0.15, 0.2) is 0 Å². The van der Waals surface area contributed by atoms with Crippen molar-refractivity contribution >= 4 is 17.2 Å². The fourth-order valence-electron chi connectivity index (χ4n) is 1.82. The SMILES string of the molecule is CNCC(=O)NCc1cc(-c2ccc(OC)cc2)cs1. The van der Waals surface area contributed by atoms with Gasteiger partial charge in [-0.1, -0.05) is 12.1 Å².